The van der Waals surface area contributed by atoms with E-state index in [0.717, 1.165) is 34.6 Å². The lowest BCUT2D eigenvalue weighted by molar-refractivity contribution is 0.0933. The second-order valence-corrected chi connectivity index (χ2v) is 6.36. The molecule has 0 spiro atoms. The molecule has 2 aromatic carbocycles. The van der Waals surface area contributed by atoms with Crippen molar-refractivity contribution < 1.29 is 4.79 Å². The van der Waals surface area contributed by atoms with Gasteiger partial charge in [-0.25, -0.2) is 4.98 Å². The average molecular weight is 333 g/mol. The molecule has 1 heterocycles. The highest BCUT2D eigenvalue weighted by molar-refractivity contribution is 5.94. The first kappa shape index (κ1) is 17.0. The molecule has 4 nitrogen and oxygen atoms in total. The van der Waals surface area contributed by atoms with E-state index in [4.69, 9.17) is 0 Å². The highest BCUT2D eigenvalue weighted by Gasteiger charge is 2.17. The van der Waals surface area contributed by atoms with Gasteiger partial charge in [-0.15, -0.1) is 0 Å². The van der Waals surface area contributed by atoms with E-state index in [0.29, 0.717) is 5.56 Å². The number of nitrogens with zero attached hydrogens (tertiary/aromatic N) is 1. The van der Waals surface area contributed by atoms with Gasteiger partial charge < -0.3 is 10.3 Å². The van der Waals surface area contributed by atoms with Crippen molar-refractivity contribution in [3.05, 3.63) is 77.2 Å². The average Bonchev–Trinajstić information content (AvgIpc) is 3.09. The molecule has 0 aliphatic rings. The molecule has 25 heavy (non-hydrogen) atoms. The monoisotopic (exact) mass is 333 g/mol. The van der Waals surface area contributed by atoms with Gasteiger partial charge in [0.2, 0.25) is 0 Å². The highest BCUT2D eigenvalue weighted by atomic mass is 16.1. The van der Waals surface area contributed by atoms with Crippen molar-refractivity contribution in [2.75, 3.05) is 0 Å². The van der Waals surface area contributed by atoms with E-state index >= 15 is 0 Å². The van der Waals surface area contributed by atoms with Gasteiger partial charge in [-0.05, 0) is 38.0 Å². The molecule has 0 radical (unpaired) electrons. The van der Waals surface area contributed by atoms with Crippen LogP contribution in [0.5, 0.6) is 0 Å². The second-order valence-electron chi connectivity index (χ2n) is 6.36. The fourth-order valence-corrected chi connectivity index (χ4v) is 2.99. The molecule has 3 rings (SSSR count). The second kappa shape index (κ2) is 7.34. The number of rotatable bonds is 5. The summed E-state index contributed by atoms with van der Waals surface area (Å²) in [6.45, 7) is 6.04. The maximum Gasteiger partial charge on any atom is 0.251 e. The van der Waals surface area contributed by atoms with Gasteiger partial charge in [0.15, 0.2) is 0 Å². The Bertz CT molecular complexity index is 848. The van der Waals surface area contributed by atoms with Crippen molar-refractivity contribution >= 4 is 5.91 Å². The van der Waals surface area contributed by atoms with Crippen molar-refractivity contribution in [3.8, 4) is 11.3 Å². The topological polar surface area (TPSA) is 57.8 Å². The first-order valence-corrected chi connectivity index (χ1v) is 8.56. The number of carbonyl (C=O) groups excluding carboxylic acids is 1. The summed E-state index contributed by atoms with van der Waals surface area (Å²) in [6, 6.07) is 15.8. The standard InChI is InChI=1S/C21H23N3O/c1-4-18(24-21(25)17-11-14(2)10-15(3)12-17)20-22-13-19(23-20)16-8-6-5-7-9-16/h5-13,18H,4H2,1-3H3,(H,22,23)(H,24,25). The Morgan fingerprint density at radius 1 is 1.12 bits per heavy atom. The molecule has 1 aromatic heterocycles. The fourth-order valence-electron chi connectivity index (χ4n) is 2.99. The summed E-state index contributed by atoms with van der Waals surface area (Å²) in [4.78, 5) is 20.4. The summed E-state index contributed by atoms with van der Waals surface area (Å²) in [5.74, 6) is 0.704. The van der Waals surface area contributed by atoms with Crippen LogP contribution in [0, 0.1) is 13.8 Å². The Kier molecular flexibility index (Phi) is 4.98. The van der Waals surface area contributed by atoms with Crippen LogP contribution in [-0.4, -0.2) is 15.9 Å². The minimum Gasteiger partial charge on any atom is -0.342 e. The minimum atomic E-state index is -0.147. The molecule has 0 saturated heterocycles. The zero-order valence-electron chi connectivity index (χ0n) is 14.8. The Labute approximate surface area is 148 Å². The Balaban J connectivity index is 1.79. The molecule has 1 unspecified atom stereocenters. The van der Waals surface area contributed by atoms with Crippen LogP contribution >= 0.6 is 0 Å². The van der Waals surface area contributed by atoms with Crippen LogP contribution in [0.3, 0.4) is 0 Å². The lowest BCUT2D eigenvalue weighted by Gasteiger charge is -2.15. The number of carbonyl (C=O) groups is 1. The smallest absolute Gasteiger partial charge is 0.251 e. The van der Waals surface area contributed by atoms with Gasteiger partial charge >= 0.3 is 0 Å². The number of amides is 1. The van der Waals surface area contributed by atoms with Gasteiger partial charge in [0, 0.05) is 5.56 Å². The lowest BCUT2D eigenvalue weighted by atomic mass is 10.1. The van der Waals surface area contributed by atoms with Crippen LogP contribution in [0.15, 0.2) is 54.7 Å². The van der Waals surface area contributed by atoms with Gasteiger partial charge in [0.25, 0.3) is 5.91 Å². The quantitative estimate of drug-likeness (QED) is 0.718. The Hall–Kier alpha value is -2.88. The summed E-state index contributed by atoms with van der Waals surface area (Å²) >= 11 is 0. The lowest BCUT2D eigenvalue weighted by Crippen LogP contribution is -2.29. The van der Waals surface area contributed by atoms with Gasteiger partial charge in [-0.2, -0.15) is 0 Å². The van der Waals surface area contributed by atoms with Gasteiger partial charge in [0.05, 0.1) is 17.9 Å². The number of benzene rings is 2. The number of aromatic amines is 1. The van der Waals surface area contributed by atoms with Crippen molar-refractivity contribution in [1.82, 2.24) is 15.3 Å². The Morgan fingerprint density at radius 2 is 1.80 bits per heavy atom. The van der Waals surface area contributed by atoms with Crippen molar-refractivity contribution in [2.45, 2.75) is 33.2 Å². The van der Waals surface area contributed by atoms with E-state index in [1.807, 2.05) is 69.4 Å². The van der Waals surface area contributed by atoms with Gasteiger partial charge in [-0.1, -0.05) is 54.4 Å². The van der Waals surface area contributed by atoms with E-state index in [2.05, 4.69) is 21.4 Å². The number of nitrogens with one attached hydrogen (secondary N) is 2. The van der Waals surface area contributed by atoms with Crippen LogP contribution in [0.25, 0.3) is 11.3 Å². The van der Waals surface area contributed by atoms with E-state index in [-0.39, 0.29) is 11.9 Å². The summed E-state index contributed by atoms with van der Waals surface area (Å²) in [5.41, 5.74) is 4.89. The molecule has 128 valence electrons. The third-order valence-electron chi connectivity index (χ3n) is 4.21. The molecule has 0 aliphatic carbocycles. The fraction of sp³-hybridized carbons (Fsp3) is 0.238. The SMILES string of the molecule is CCC(NC(=O)c1cc(C)cc(C)c1)c1ncc(-c2ccccc2)[nH]1. The molecule has 0 bridgehead atoms. The van der Waals surface area contributed by atoms with Crippen LogP contribution in [0.2, 0.25) is 0 Å². The molecule has 4 heteroatoms. The Morgan fingerprint density at radius 3 is 2.44 bits per heavy atom. The van der Waals surface area contributed by atoms with Gasteiger partial charge in [0.1, 0.15) is 5.82 Å². The molecule has 0 saturated carbocycles. The summed E-state index contributed by atoms with van der Waals surface area (Å²) in [7, 11) is 0. The summed E-state index contributed by atoms with van der Waals surface area (Å²) in [5, 5.41) is 3.09. The zero-order chi connectivity index (χ0) is 17.8. The van der Waals surface area contributed by atoms with Crippen LogP contribution in [-0.2, 0) is 0 Å². The zero-order valence-corrected chi connectivity index (χ0v) is 14.8. The van der Waals surface area contributed by atoms with E-state index in [1.165, 1.54) is 0 Å². The maximum atomic E-state index is 12.6. The van der Waals surface area contributed by atoms with Crippen molar-refractivity contribution in [1.29, 1.82) is 0 Å². The number of aromatic nitrogens is 2. The van der Waals surface area contributed by atoms with E-state index < -0.39 is 0 Å². The highest BCUT2D eigenvalue weighted by Crippen LogP contribution is 2.21. The predicted molar refractivity (Wildman–Crippen MR) is 100 cm³/mol. The minimum absolute atomic E-state index is 0.0729. The number of hydrogen-bond donors (Lipinski definition) is 2. The molecule has 2 N–H and O–H groups in total. The first-order chi connectivity index (χ1) is 12.1. The number of imidazole rings is 1. The third-order valence-corrected chi connectivity index (χ3v) is 4.21. The van der Waals surface area contributed by atoms with Crippen molar-refractivity contribution in [2.24, 2.45) is 0 Å². The normalized spacial score (nSPS) is 12.0. The first-order valence-electron chi connectivity index (χ1n) is 8.56. The van der Waals surface area contributed by atoms with Gasteiger partial charge in [-0.3, -0.25) is 4.79 Å². The van der Waals surface area contributed by atoms with Crippen LogP contribution in [0.4, 0.5) is 0 Å². The molecular weight excluding hydrogens is 310 g/mol. The summed E-state index contributed by atoms with van der Waals surface area (Å²) < 4.78 is 0. The third kappa shape index (κ3) is 3.97. The van der Waals surface area contributed by atoms with E-state index in [1.54, 1.807) is 0 Å². The van der Waals surface area contributed by atoms with Crippen LogP contribution in [0.1, 0.15) is 46.7 Å². The number of hydrogen-bond acceptors (Lipinski definition) is 2. The van der Waals surface area contributed by atoms with Crippen molar-refractivity contribution in [3.63, 3.8) is 0 Å². The molecule has 1 amide bonds. The molecule has 3 aromatic rings. The number of aryl methyl sites for hydroxylation is 2. The maximum absolute atomic E-state index is 12.6. The molecule has 0 aliphatic heterocycles. The molecular formula is C21H23N3O. The molecule has 0 fully saturated rings. The molecule has 1 atom stereocenters. The largest absolute Gasteiger partial charge is 0.342 e. The van der Waals surface area contributed by atoms with Crippen LogP contribution < -0.4 is 5.32 Å². The van der Waals surface area contributed by atoms with E-state index in [9.17, 15) is 4.79 Å². The number of H-pyrrole nitrogens is 1. The summed E-state index contributed by atoms with van der Waals surface area (Å²) in [6.07, 6.45) is 2.58. The predicted octanol–water partition coefficient (Wildman–Crippen LogP) is 4.57.